The van der Waals surface area contributed by atoms with E-state index in [2.05, 4.69) is 32.5 Å². The fraction of sp³-hybridized carbons (Fsp3) is 0.250. The monoisotopic (exact) mass is 620 g/mol. The molecule has 0 radical (unpaired) electrons. The predicted molar refractivity (Wildman–Crippen MR) is 177 cm³/mol. The molecule has 1 fully saturated rings. The quantitative estimate of drug-likeness (QED) is 0.167. The first-order chi connectivity index (χ1) is 22.3. The Morgan fingerprint density at radius 3 is 2.50 bits per heavy atom. The second kappa shape index (κ2) is 13.8. The van der Waals surface area contributed by atoms with Gasteiger partial charge in [-0.3, -0.25) is 4.79 Å². The van der Waals surface area contributed by atoms with Gasteiger partial charge in [0.2, 0.25) is 11.8 Å². The molecule has 9 nitrogen and oxygen atoms in total. The number of hydrogen-bond donors (Lipinski definition) is 2. The zero-order chi connectivity index (χ0) is 32.0. The van der Waals surface area contributed by atoms with E-state index in [0.29, 0.717) is 29.6 Å². The number of aryl methyl sites for hydroxylation is 2. The molecule has 1 aliphatic rings. The average Bonchev–Trinajstić information content (AvgIpc) is 3.58. The smallest absolute Gasteiger partial charge is 0.262 e. The number of likely N-dealkylation sites (tertiary alicyclic amines) is 1. The first-order valence-corrected chi connectivity index (χ1v) is 15.4. The van der Waals surface area contributed by atoms with E-state index in [1.165, 1.54) is 12.3 Å². The fourth-order valence-electron chi connectivity index (χ4n) is 5.60. The van der Waals surface area contributed by atoms with Gasteiger partial charge in [-0.1, -0.05) is 18.2 Å². The molecule has 0 aliphatic carbocycles. The van der Waals surface area contributed by atoms with Crippen molar-refractivity contribution in [2.45, 2.75) is 26.7 Å². The predicted octanol–water partition coefficient (Wildman–Crippen LogP) is 7.53. The van der Waals surface area contributed by atoms with Gasteiger partial charge in [0.05, 0.1) is 6.61 Å². The normalized spacial score (nSPS) is 14.9. The van der Waals surface area contributed by atoms with E-state index in [0.717, 1.165) is 42.7 Å². The molecular formula is C36H37FN6O3. The van der Waals surface area contributed by atoms with E-state index >= 15 is 4.39 Å². The van der Waals surface area contributed by atoms with Crippen LogP contribution >= 0.6 is 0 Å². The molecule has 3 heterocycles. The van der Waals surface area contributed by atoms with Crippen molar-refractivity contribution in [3.05, 3.63) is 114 Å². The van der Waals surface area contributed by atoms with E-state index in [4.69, 9.17) is 9.47 Å². The standard InChI is InChI=1S/C36H37FN6O3/c1-24-8-6-9-25(2)33(24)40-34(44)30-21-38-36(41-35(30)46-29-14-12-28(13-15-29)43-18-4-5-19-43)39-27-11-16-32(31(37)20-27)45-23-26-10-7-17-42(3)22-26/h4-6,8-9,11-16,18-21,26H,7,10,17,22-23H2,1-3H3,(H,40,44)(H,38,39,41). The molecule has 10 heteroatoms. The van der Waals surface area contributed by atoms with Gasteiger partial charge < -0.3 is 29.6 Å². The summed E-state index contributed by atoms with van der Waals surface area (Å²) < 4.78 is 29.0. The fourth-order valence-corrected chi connectivity index (χ4v) is 5.60. The first kappa shape index (κ1) is 30.8. The number of ether oxygens (including phenoxy) is 2. The van der Waals surface area contributed by atoms with Gasteiger partial charge >= 0.3 is 0 Å². The van der Waals surface area contributed by atoms with Crippen LogP contribution in [-0.4, -0.2) is 52.1 Å². The molecule has 5 aromatic rings. The molecule has 46 heavy (non-hydrogen) atoms. The summed E-state index contributed by atoms with van der Waals surface area (Å²) in [5.74, 6) is 0.341. The maximum absolute atomic E-state index is 15.0. The molecule has 2 N–H and O–H groups in total. The molecule has 3 aromatic carbocycles. The van der Waals surface area contributed by atoms with Gasteiger partial charge in [-0.25, -0.2) is 9.37 Å². The van der Waals surface area contributed by atoms with Crippen molar-refractivity contribution < 1.29 is 18.7 Å². The number of carbonyl (C=O) groups excluding carboxylic acids is 1. The van der Waals surface area contributed by atoms with E-state index in [1.54, 1.807) is 24.3 Å². The third-order valence-corrected chi connectivity index (χ3v) is 8.06. The van der Waals surface area contributed by atoms with Gasteiger partial charge in [-0.05, 0) is 99.9 Å². The lowest BCUT2D eigenvalue weighted by molar-refractivity contribution is 0.102. The number of anilines is 3. The zero-order valence-electron chi connectivity index (χ0n) is 26.2. The minimum Gasteiger partial charge on any atom is -0.490 e. The van der Waals surface area contributed by atoms with E-state index in [9.17, 15) is 4.79 Å². The number of rotatable bonds is 10. The van der Waals surface area contributed by atoms with Crippen molar-refractivity contribution in [1.29, 1.82) is 0 Å². The van der Waals surface area contributed by atoms with Crippen molar-refractivity contribution in [2.24, 2.45) is 5.92 Å². The Bertz CT molecular complexity index is 1790. The van der Waals surface area contributed by atoms with Gasteiger partial charge in [-0.15, -0.1) is 0 Å². The van der Waals surface area contributed by atoms with Gasteiger partial charge in [0.25, 0.3) is 5.91 Å². The Morgan fingerprint density at radius 1 is 1.02 bits per heavy atom. The number of piperidine rings is 1. The Labute approximate surface area is 268 Å². The van der Waals surface area contributed by atoms with Crippen LogP contribution in [-0.2, 0) is 0 Å². The van der Waals surface area contributed by atoms with Crippen LogP contribution in [0.2, 0.25) is 0 Å². The molecule has 6 rings (SSSR count). The molecule has 2 aromatic heterocycles. The molecule has 0 saturated carbocycles. The largest absolute Gasteiger partial charge is 0.490 e. The molecule has 1 atom stereocenters. The summed E-state index contributed by atoms with van der Waals surface area (Å²) >= 11 is 0. The summed E-state index contributed by atoms with van der Waals surface area (Å²) in [6.45, 7) is 6.35. The number of hydrogen-bond acceptors (Lipinski definition) is 7. The molecule has 1 unspecified atom stereocenters. The Morgan fingerprint density at radius 2 is 1.78 bits per heavy atom. The van der Waals surface area contributed by atoms with Crippen LogP contribution in [0.4, 0.5) is 21.7 Å². The minimum absolute atomic E-state index is 0.0489. The van der Waals surface area contributed by atoms with Crippen LogP contribution in [0.3, 0.4) is 0 Å². The van der Waals surface area contributed by atoms with Gasteiger partial charge in [0.15, 0.2) is 11.6 Å². The molecule has 1 saturated heterocycles. The highest BCUT2D eigenvalue weighted by molar-refractivity contribution is 6.06. The summed E-state index contributed by atoms with van der Waals surface area (Å²) in [5, 5.41) is 6.01. The minimum atomic E-state index is -0.488. The number of aromatic nitrogens is 3. The Kier molecular flexibility index (Phi) is 9.25. The second-order valence-corrected chi connectivity index (χ2v) is 11.7. The van der Waals surface area contributed by atoms with E-state index < -0.39 is 11.7 Å². The molecule has 1 amide bonds. The summed E-state index contributed by atoms with van der Waals surface area (Å²) in [6.07, 6.45) is 7.49. The Balaban J connectivity index is 1.22. The molecule has 0 spiro atoms. The van der Waals surface area contributed by atoms with Crippen LogP contribution in [0.5, 0.6) is 17.4 Å². The van der Waals surface area contributed by atoms with Crippen molar-refractivity contribution in [2.75, 3.05) is 37.4 Å². The van der Waals surface area contributed by atoms with Crippen LogP contribution in [0.15, 0.2) is 91.4 Å². The number of benzene rings is 3. The topological polar surface area (TPSA) is 93.5 Å². The number of carbonyl (C=O) groups is 1. The maximum Gasteiger partial charge on any atom is 0.262 e. The molecular weight excluding hydrogens is 583 g/mol. The van der Waals surface area contributed by atoms with Crippen LogP contribution < -0.4 is 20.1 Å². The zero-order valence-corrected chi connectivity index (χ0v) is 26.2. The third-order valence-electron chi connectivity index (χ3n) is 8.06. The molecule has 0 bridgehead atoms. The number of halogens is 1. The van der Waals surface area contributed by atoms with E-state index in [1.807, 2.05) is 73.3 Å². The van der Waals surface area contributed by atoms with Crippen molar-refractivity contribution >= 4 is 23.2 Å². The lowest BCUT2D eigenvalue weighted by Gasteiger charge is -2.29. The SMILES string of the molecule is Cc1cccc(C)c1NC(=O)c1cnc(Nc2ccc(OCC3CCCN(C)C3)c(F)c2)nc1Oc1ccc(-n2cccc2)cc1. The third kappa shape index (κ3) is 7.35. The van der Waals surface area contributed by atoms with Crippen molar-refractivity contribution in [3.63, 3.8) is 0 Å². The van der Waals surface area contributed by atoms with Gasteiger partial charge in [-0.2, -0.15) is 4.98 Å². The number of amides is 1. The highest BCUT2D eigenvalue weighted by Crippen LogP contribution is 2.29. The van der Waals surface area contributed by atoms with E-state index in [-0.39, 0.29) is 23.1 Å². The Hall–Kier alpha value is -5.22. The maximum atomic E-state index is 15.0. The van der Waals surface area contributed by atoms with Crippen LogP contribution in [0, 0.1) is 25.6 Å². The van der Waals surface area contributed by atoms with Gasteiger partial charge in [0, 0.05) is 54.2 Å². The summed E-state index contributed by atoms with van der Waals surface area (Å²) in [5.41, 5.74) is 4.09. The number of nitrogens with one attached hydrogen (secondary N) is 2. The van der Waals surface area contributed by atoms with Gasteiger partial charge in [0.1, 0.15) is 11.3 Å². The lowest BCUT2D eigenvalue weighted by Crippen LogP contribution is -2.34. The summed E-state index contributed by atoms with van der Waals surface area (Å²) in [6, 6.07) is 21.8. The summed E-state index contributed by atoms with van der Waals surface area (Å²) in [7, 11) is 2.09. The average molecular weight is 621 g/mol. The molecule has 236 valence electrons. The van der Waals surface area contributed by atoms with Crippen LogP contribution in [0.1, 0.15) is 34.3 Å². The van der Waals surface area contributed by atoms with Crippen LogP contribution in [0.25, 0.3) is 5.69 Å². The highest BCUT2D eigenvalue weighted by atomic mass is 19.1. The summed E-state index contributed by atoms with van der Waals surface area (Å²) in [4.78, 5) is 24.7. The van der Waals surface area contributed by atoms with Crippen molar-refractivity contribution in [3.8, 4) is 23.1 Å². The lowest BCUT2D eigenvalue weighted by atomic mass is 10.00. The van der Waals surface area contributed by atoms with Crippen molar-refractivity contribution in [1.82, 2.24) is 19.4 Å². The number of para-hydroxylation sites is 1. The second-order valence-electron chi connectivity index (χ2n) is 11.7. The first-order valence-electron chi connectivity index (χ1n) is 15.4. The number of nitrogens with zero attached hydrogens (tertiary/aromatic N) is 4. The highest BCUT2D eigenvalue weighted by Gasteiger charge is 2.21. The molecule has 1 aliphatic heterocycles.